The van der Waals surface area contributed by atoms with E-state index in [4.69, 9.17) is 0 Å². The third-order valence-corrected chi connectivity index (χ3v) is 7.41. The van der Waals surface area contributed by atoms with Gasteiger partial charge >= 0.3 is 0 Å². The lowest BCUT2D eigenvalue weighted by Crippen LogP contribution is -2.51. The van der Waals surface area contributed by atoms with Gasteiger partial charge in [0.2, 0.25) is 5.91 Å². The van der Waals surface area contributed by atoms with Gasteiger partial charge in [0, 0.05) is 18.4 Å². The molecule has 3 heterocycles. The van der Waals surface area contributed by atoms with Gasteiger partial charge in [-0.2, -0.15) is 0 Å². The molecular formula is C15H19N3O2S3. The van der Waals surface area contributed by atoms with Gasteiger partial charge in [-0.25, -0.2) is 0 Å². The monoisotopic (exact) mass is 369 g/mol. The molecule has 0 bridgehead atoms. The Bertz CT molecular complexity index is 644. The molecule has 1 unspecified atom stereocenters. The van der Waals surface area contributed by atoms with Crippen molar-refractivity contribution < 1.29 is 9.59 Å². The lowest BCUT2D eigenvalue weighted by Gasteiger charge is -2.43. The first kappa shape index (κ1) is 17.0. The van der Waals surface area contributed by atoms with Gasteiger partial charge in [0.25, 0.3) is 0 Å². The minimum absolute atomic E-state index is 0.114. The number of Topliss-reactive ketones (excluding diaryl/α,β-unsaturated/α-hetero) is 1. The van der Waals surface area contributed by atoms with Crippen LogP contribution in [0.4, 0.5) is 0 Å². The summed E-state index contributed by atoms with van der Waals surface area (Å²) in [5.41, 5.74) is 1.03. The van der Waals surface area contributed by atoms with E-state index in [0.717, 1.165) is 27.8 Å². The van der Waals surface area contributed by atoms with Gasteiger partial charge in [-0.3, -0.25) is 9.59 Å². The molecule has 1 fully saturated rings. The Morgan fingerprint density at radius 2 is 2.30 bits per heavy atom. The van der Waals surface area contributed by atoms with Crippen LogP contribution in [0.5, 0.6) is 0 Å². The van der Waals surface area contributed by atoms with Crippen molar-refractivity contribution in [3.8, 4) is 0 Å². The van der Waals surface area contributed by atoms with Gasteiger partial charge in [0.05, 0.1) is 17.0 Å². The van der Waals surface area contributed by atoms with E-state index in [-0.39, 0.29) is 22.3 Å². The van der Waals surface area contributed by atoms with Crippen molar-refractivity contribution in [3.63, 3.8) is 0 Å². The maximum absolute atomic E-state index is 12.5. The van der Waals surface area contributed by atoms with Crippen LogP contribution in [-0.2, 0) is 9.59 Å². The lowest BCUT2D eigenvalue weighted by atomic mass is 10.0. The van der Waals surface area contributed by atoms with Gasteiger partial charge in [-0.05, 0) is 18.9 Å². The van der Waals surface area contributed by atoms with E-state index in [9.17, 15) is 9.59 Å². The van der Waals surface area contributed by atoms with Crippen LogP contribution in [-0.4, -0.2) is 43.2 Å². The van der Waals surface area contributed by atoms with Crippen LogP contribution in [0.25, 0.3) is 0 Å². The van der Waals surface area contributed by atoms with Crippen molar-refractivity contribution in [1.29, 1.82) is 0 Å². The van der Waals surface area contributed by atoms with Crippen LogP contribution < -0.4 is 0 Å². The summed E-state index contributed by atoms with van der Waals surface area (Å²) < 4.78 is 0.908. The number of hydrogen-bond donors (Lipinski definition) is 0. The summed E-state index contributed by atoms with van der Waals surface area (Å²) in [6.45, 7) is 4.02. The van der Waals surface area contributed by atoms with Gasteiger partial charge in [0.15, 0.2) is 4.34 Å². The molecule has 23 heavy (non-hydrogen) atoms. The van der Waals surface area contributed by atoms with Crippen molar-refractivity contribution in [2.45, 2.75) is 54.5 Å². The number of rotatable bonds is 7. The van der Waals surface area contributed by atoms with Crippen molar-refractivity contribution >= 4 is 46.6 Å². The minimum atomic E-state index is -0.114. The molecule has 0 spiro atoms. The molecule has 124 valence electrons. The number of carbonyl (C=O) groups excluding carboxylic acids is 2. The van der Waals surface area contributed by atoms with Gasteiger partial charge in [-0.15, -0.1) is 22.0 Å². The van der Waals surface area contributed by atoms with Crippen molar-refractivity contribution in [2.24, 2.45) is 0 Å². The fraction of sp³-hybridized carbons (Fsp3) is 0.600. The predicted octanol–water partition coefficient (Wildman–Crippen LogP) is 3.26. The Hall–Kier alpha value is -0.860. The maximum atomic E-state index is 12.5. The number of β-lactam (4-membered cyclic amide) rings is 1. The number of nitrogens with zero attached hydrogens (tertiary/aromatic N) is 3. The second-order valence-corrected chi connectivity index (χ2v) is 9.32. The molecule has 0 saturated carbocycles. The highest BCUT2D eigenvalue weighted by molar-refractivity contribution is 8.02. The maximum Gasteiger partial charge on any atom is 0.230 e. The first-order valence-corrected chi connectivity index (χ1v) is 10.5. The number of aryl methyl sites for hydroxylation is 1. The van der Waals surface area contributed by atoms with Crippen LogP contribution >= 0.6 is 34.9 Å². The second-order valence-electron chi connectivity index (χ2n) is 5.63. The number of unbranched alkanes of at least 4 members (excludes halogenated alkanes) is 1. The Morgan fingerprint density at radius 3 is 2.96 bits per heavy atom. The minimum Gasteiger partial charge on any atom is -0.306 e. The summed E-state index contributed by atoms with van der Waals surface area (Å²) in [6, 6.07) is 0. The van der Waals surface area contributed by atoms with Crippen LogP contribution in [0.15, 0.2) is 16.1 Å². The molecule has 5 nitrogen and oxygen atoms in total. The molecule has 0 aliphatic carbocycles. The molecule has 1 saturated heterocycles. The molecule has 8 heteroatoms. The van der Waals surface area contributed by atoms with Gasteiger partial charge < -0.3 is 4.90 Å². The number of ketones is 1. The first-order chi connectivity index (χ1) is 11.1. The molecule has 0 radical (unpaired) electrons. The van der Waals surface area contributed by atoms with E-state index in [0.29, 0.717) is 18.6 Å². The number of amides is 1. The molecule has 1 aromatic rings. The van der Waals surface area contributed by atoms with Crippen LogP contribution in [0.1, 0.15) is 37.6 Å². The van der Waals surface area contributed by atoms with E-state index in [1.165, 1.54) is 0 Å². The third kappa shape index (κ3) is 3.80. The number of fused-ring (bicyclic) bond motifs is 1. The summed E-state index contributed by atoms with van der Waals surface area (Å²) in [4.78, 5) is 26.0. The fourth-order valence-corrected chi connectivity index (χ4v) is 5.90. The molecule has 2 atom stereocenters. The van der Waals surface area contributed by atoms with Crippen molar-refractivity contribution in [3.05, 3.63) is 16.8 Å². The number of hydrogen-bond acceptors (Lipinski definition) is 7. The smallest absolute Gasteiger partial charge is 0.230 e. The molecule has 1 aromatic heterocycles. The Labute approximate surface area is 148 Å². The normalized spacial score (nSPS) is 23.3. The molecule has 3 rings (SSSR count). The fourth-order valence-electron chi connectivity index (χ4n) is 2.52. The summed E-state index contributed by atoms with van der Waals surface area (Å²) in [7, 11) is 0. The van der Waals surface area contributed by atoms with E-state index < -0.39 is 0 Å². The first-order valence-electron chi connectivity index (χ1n) is 7.71. The summed E-state index contributed by atoms with van der Waals surface area (Å²) in [5.74, 6) is 1.12. The number of thioether (sulfide) groups is 2. The van der Waals surface area contributed by atoms with Crippen molar-refractivity contribution in [2.75, 3.05) is 5.75 Å². The molecule has 1 amide bonds. The Kier molecular flexibility index (Phi) is 5.43. The Morgan fingerprint density at radius 1 is 1.48 bits per heavy atom. The molecule has 2 aliphatic rings. The molecular weight excluding hydrogens is 350 g/mol. The van der Waals surface area contributed by atoms with E-state index in [1.807, 2.05) is 13.1 Å². The Balaban J connectivity index is 1.71. The highest BCUT2D eigenvalue weighted by Gasteiger charge is 2.43. The van der Waals surface area contributed by atoms with E-state index >= 15 is 0 Å². The largest absolute Gasteiger partial charge is 0.306 e. The molecule has 0 aromatic carbocycles. The quantitative estimate of drug-likeness (QED) is 0.543. The second kappa shape index (κ2) is 7.36. The highest BCUT2D eigenvalue weighted by atomic mass is 32.2. The van der Waals surface area contributed by atoms with Gasteiger partial charge in [-0.1, -0.05) is 36.4 Å². The third-order valence-electron chi connectivity index (χ3n) is 3.82. The van der Waals surface area contributed by atoms with Crippen LogP contribution in [0.2, 0.25) is 0 Å². The average molecular weight is 370 g/mol. The van der Waals surface area contributed by atoms with E-state index in [1.54, 1.807) is 39.8 Å². The van der Waals surface area contributed by atoms with Crippen molar-refractivity contribution in [1.82, 2.24) is 15.1 Å². The molecule has 0 N–H and O–H groups in total. The highest BCUT2D eigenvalue weighted by Crippen LogP contribution is 2.42. The summed E-state index contributed by atoms with van der Waals surface area (Å²) in [5, 5.41) is 9.10. The lowest BCUT2D eigenvalue weighted by molar-refractivity contribution is -0.137. The zero-order chi connectivity index (χ0) is 16.4. The zero-order valence-corrected chi connectivity index (χ0v) is 15.6. The average Bonchev–Trinajstić information content (AvgIpc) is 2.95. The van der Waals surface area contributed by atoms with Crippen LogP contribution in [0.3, 0.4) is 0 Å². The zero-order valence-electron chi connectivity index (χ0n) is 13.2. The number of carbonyl (C=O) groups is 2. The standard InChI is InChI=1S/C15H19N3O2S3/c1-3-4-5-11(19)14-10(7-18-12(20)6-13(18)23-14)8-21-15-17-16-9(2)22-15/h7,13-14H,3-6,8H2,1-2H3/t13-,14?/m1/s1. The van der Waals surface area contributed by atoms with E-state index in [2.05, 4.69) is 17.1 Å². The number of aromatic nitrogens is 2. The predicted molar refractivity (Wildman–Crippen MR) is 94.6 cm³/mol. The van der Waals surface area contributed by atoms with Gasteiger partial charge in [0.1, 0.15) is 10.8 Å². The van der Waals surface area contributed by atoms with Crippen LogP contribution in [0, 0.1) is 6.92 Å². The SMILES string of the molecule is CCCCC(=O)C1S[C@@H]2CC(=O)N2C=C1CSc1nnc(C)s1. The summed E-state index contributed by atoms with van der Waals surface area (Å²) in [6.07, 6.45) is 5.03. The molecule has 2 aliphatic heterocycles. The topological polar surface area (TPSA) is 63.2 Å². The summed E-state index contributed by atoms with van der Waals surface area (Å²) >= 11 is 4.78.